The quantitative estimate of drug-likeness (QED) is 0.310. The van der Waals surface area contributed by atoms with Gasteiger partial charge in [0.05, 0.1) is 23.4 Å². The molecule has 3 N–H and O–H groups in total. The van der Waals surface area contributed by atoms with Gasteiger partial charge in [-0.3, -0.25) is 14.4 Å². The molecule has 0 saturated carbocycles. The highest BCUT2D eigenvalue weighted by Gasteiger charge is 2.38. The molecular weight excluding hydrogens is 533 g/mol. The number of aryl methyl sites for hydroxylation is 3. The Bertz CT molecular complexity index is 1130. The number of carboxylic acids is 2. The molecule has 1 amide bonds. The van der Waals surface area contributed by atoms with Gasteiger partial charge >= 0.3 is 18.1 Å². The van der Waals surface area contributed by atoms with Gasteiger partial charge in [0.1, 0.15) is 9.88 Å². The van der Waals surface area contributed by atoms with E-state index in [0.717, 1.165) is 11.3 Å². The summed E-state index contributed by atoms with van der Waals surface area (Å²) in [6.07, 6.45) is -4.96. The van der Waals surface area contributed by atoms with E-state index >= 15 is 0 Å². The zero-order chi connectivity index (χ0) is 26.9. The van der Waals surface area contributed by atoms with Crippen LogP contribution in [0.3, 0.4) is 0 Å². The number of carbonyl (C=O) groups is 3. The van der Waals surface area contributed by atoms with Crippen molar-refractivity contribution in [1.82, 2.24) is 20.1 Å². The molecule has 0 radical (unpaired) electrons. The van der Waals surface area contributed by atoms with Crippen LogP contribution in [-0.2, 0) is 16.6 Å². The zero-order valence-corrected chi connectivity index (χ0v) is 21.5. The molecule has 2 rings (SSSR count). The van der Waals surface area contributed by atoms with Crippen molar-refractivity contribution in [3.05, 3.63) is 32.2 Å². The van der Waals surface area contributed by atoms with Gasteiger partial charge in [-0.05, 0) is 26.3 Å². The van der Waals surface area contributed by atoms with Crippen molar-refractivity contribution < 1.29 is 37.8 Å². The van der Waals surface area contributed by atoms with Crippen LogP contribution in [0.2, 0.25) is 0 Å². The van der Waals surface area contributed by atoms with Gasteiger partial charge in [-0.2, -0.15) is 18.3 Å². The Kier molecular flexibility index (Phi) is 11.7. The number of aromatic nitrogens is 3. The minimum Gasteiger partial charge on any atom is -0.481 e. The Morgan fingerprint density at radius 3 is 2.20 bits per heavy atom. The van der Waals surface area contributed by atoms with Gasteiger partial charge in [0.2, 0.25) is 0 Å². The molecule has 2 aromatic heterocycles. The molecule has 0 bridgehead atoms. The Morgan fingerprint density at radius 1 is 1.09 bits per heavy atom. The van der Waals surface area contributed by atoms with Crippen LogP contribution < -0.4 is 10.9 Å². The molecule has 0 aromatic carbocycles. The minimum absolute atomic E-state index is 0.125. The summed E-state index contributed by atoms with van der Waals surface area (Å²) in [5, 5.41) is 23.2. The third-order valence-corrected chi connectivity index (χ3v) is 7.72. The second-order valence-electron chi connectivity index (χ2n) is 6.79. The van der Waals surface area contributed by atoms with Gasteiger partial charge in [0, 0.05) is 25.1 Å². The summed E-state index contributed by atoms with van der Waals surface area (Å²) in [5.74, 6) is -2.59. The number of hydrogen-bond donors (Lipinski definition) is 3. The molecule has 35 heavy (non-hydrogen) atoms. The van der Waals surface area contributed by atoms with Crippen molar-refractivity contribution in [2.24, 2.45) is 7.05 Å². The van der Waals surface area contributed by atoms with Crippen LogP contribution in [-0.4, -0.2) is 67.1 Å². The van der Waals surface area contributed by atoms with Crippen LogP contribution in [0.5, 0.6) is 0 Å². The maximum atomic E-state index is 12.5. The third-order valence-electron chi connectivity index (χ3n) is 4.14. The highest BCUT2D eigenvalue weighted by Crippen LogP contribution is 2.28. The molecule has 0 spiro atoms. The van der Waals surface area contributed by atoms with Gasteiger partial charge in [-0.15, -0.1) is 11.3 Å². The molecule has 0 aliphatic carbocycles. The minimum atomic E-state index is -5.08. The number of carbonyl (C=O) groups excluding carboxylic acids is 1. The number of halogens is 3. The molecule has 0 fully saturated rings. The van der Waals surface area contributed by atoms with E-state index in [-0.39, 0.29) is 17.9 Å². The first kappa shape index (κ1) is 30.4. The molecule has 194 valence electrons. The SMILES string of the molecule is Cc1nc(-c2c(C)c(C)nn(C)c2=O)sc1C(=O)NCCSSCCC(=O)O.O=C(O)C(F)(F)F. The van der Waals surface area contributed by atoms with Crippen molar-refractivity contribution in [2.45, 2.75) is 33.4 Å². The van der Waals surface area contributed by atoms with Gasteiger partial charge in [0.15, 0.2) is 0 Å². The highest BCUT2D eigenvalue weighted by molar-refractivity contribution is 8.76. The molecule has 0 atom stereocenters. The van der Waals surface area contributed by atoms with Gasteiger partial charge in [0.25, 0.3) is 11.5 Å². The molecule has 0 aliphatic rings. The fraction of sp³-hybridized carbons (Fsp3) is 0.474. The fourth-order valence-electron chi connectivity index (χ4n) is 2.35. The Balaban J connectivity index is 0.000000762. The van der Waals surface area contributed by atoms with Crippen LogP contribution in [0.15, 0.2) is 4.79 Å². The number of rotatable bonds is 9. The van der Waals surface area contributed by atoms with E-state index in [1.54, 1.807) is 14.0 Å². The van der Waals surface area contributed by atoms with Crippen LogP contribution in [0.1, 0.15) is 33.0 Å². The first-order valence-electron chi connectivity index (χ1n) is 9.73. The number of alkyl halides is 3. The highest BCUT2D eigenvalue weighted by atomic mass is 33.1. The van der Waals surface area contributed by atoms with Gasteiger partial charge in [-0.25, -0.2) is 14.5 Å². The van der Waals surface area contributed by atoms with Crippen LogP contribution in [0, 0.1) is 20.8 Å². The first-order chi connectivity index (χ1) is 16.2. The first-order valence-corrected chi connectivity index (χ1v) is 13.0. The smallest absolute Gasteiger partial charge is 0.481 e. The van der Waals surface area contributed by atoms with E-state index in [9.17, 15) is 27.6 Å². The normalized spacial score (nSPS) is 10.9. The number of hydrogen-bond acceptors (Lipinski definition) is 9. The van der Waals surface area contributed by atoms with E-state index in [1.807, 2.05) is 13.8 Å². The maximum Gasteiger partial charge on any atom is 0.490 e. The average Bonchev–Trinajstić information content (AvgIpc) is 3.12. The lowest BCUT2D eigenvalue weighted by atomic mass is 10.1. The molecule has 10 nitrogen and oxygen atoms in total. The van der Waals surface area contributed by atoms with E-state index in [2.05, 4.69) is 15.4 Å². The molecule has 16 heteroatoms. The topological polar surface area (TPSA) is 151 Å². The van der Waals surface area contributed by atoms with Crippen molar-refractivity contribution in [3.63, 3.8) is 0 Å². The summed E-state index contributed by atoms with van der Waals surface area (Å²) < 4.78 is 33.0. The summed E-state index contributed by atoms with van der Waals surface area (Å²) in [6.45, 7) is 5.87. The number of carboxylic acid groups (broad SMARTS) is 2. The fourth-order valence-corrected chi connectivity index (χ4v) is 5.31. The van der Waals surface area contributed by atoms with Crippen molar-refractivity contribution in [3.8, 4) is 10.6 Å². The Hall–Kier alpha value is -2.59. The predicted molar refractivity (Wildman–Crippen MR) is 128 cm³/mol. The van der Waals surface area contributed by atoms with Crippen molar-refractivity contribution >= 4 is 50.8 Å². The predicted octanol–water partition coefficient (Wildman–Crippen LogP) is 3.05. The molecule has 2 aromatic rings. The number of thiazole rings is 1. The second kappa shape index (κ2) is 13.5. The molecule has 0 aliphatic heterocycles. The van der Waals surface area contributed by atoms with Crippen molar-refractivity contribution in [2.75, 3.05) is 18.1 Å². The summed E-state index contributed by atoms with van der Waals surface area (Å²) in [5.41, 5.74) is 2.33. The Labute approximate surface area is 209 Å². The van der Waals surface area contributed by atoms with Gasteiger partial charge < -0.3 is 15.5 Å². The molecule has 2 heterocycles. The summed E-state index contributed by atoms with van der Waals surface area (Å²) in [7, 11) is 4.59. The third kappa shape index (κ3) is 9.52. The number of nitrogens with one attached hydrogen (secondary N) is 1. The largest absolute Gasteiger partial charge is 0.490 e. The monoisotopic (exact) mass is 556 g/mol. The van der Waals surface area contributed by atoms with E-state index in [0.29, 0.717) is 39.2 Å². The molecule has 0 saturated heterocycles. The molecular formula is C19H23F3N4O6S3. The van der Waals surface area contributed by atoms with E-state index < -0.39 is 18.1 Å². The van der Waals surface area contributed by atoms with Crippen LogP contribution in [0.4, 0.5) is 13.2 Å². The average molecular weight is 557 g/mol. The van der Waals surface area contributed by atoms with Crippen LogP contribution in [0.25, 0.3) is 10.6 Å². The lowest BCUT2D eigenvalue weighted by Gasteiger charge is -2.07. The lowest BCUT2D eigenvalue weighted by molar-refractivity contribution is -0.192. The van der Waals surface area contributed by atoms with Crippen molar-refractivity contribution in [1.29, 1.82) is 0 Å². The van der Waals surface area contributed by atoms with E-state index in [4.69, 9.17) is 15.0 Å². The number of nitrogens with zero attached hydrogens (tertiary/aromatic N) is 3. The summed E-state index contributed by atoms with van der Waals surface area (Å²) >= 11 is 1.20. The second-order valence-corrected chi connectivity index (χ2v) is 10.5. The molecule has 0 unspecified atom stereocenters. The van der Waals surface area contributed by atoms with Gasteiger partial charge in [-0.1, -0.05) is 21.6 Å². The van der Waals surface area contributed by atoms with E-state index in [1.165, 1.54) is 37.6 Å². The summed E-state index contributed by atoms with van der Waals surface area (Å²) in [6, 6.07) is 0. The number of amides is 1. The Morgan fingerprint density at radius 2 is 1.66 bits per heavy atom. The zero-order valence-electron chi connectivity index (χ0n) is 19.1. The standard InChI is InChI=1S/C17H22N4O4S3.C2HF3O2/c1-9-10(2)20-21(4)17(25)13(9)16-19-11(3)14(28-16)15(24)18-6-8-27-26-7-5-12(22)23;3-2(4,5)1(6)7/h5-8H2,1-4H3,(H,18,24)(H,22,23);(H,6,7). The maximum absolute atomic E-state index is 12.5. The summed E-state index contributed by atoms with van der Waals surface area (Å²) in [4.78, 5) is 49.2. The van der Waals surface area contributed by atoms with Crippen LogP contribution >= 0.6 is 32.9 Å². The number of aliphatic carboxylic acids is 2. The lowest BCUT2D eigenvalue weighted by Crippen LogP contribution is -2.25.